The summed E-state index contributed by atoms with van der Waals surface area (Å²) in [5.74, 6) is 2.48. The van der Waals surface area contributed by atoms with E-state index in [1.165, 1.54) is 44.9 Å². The molecule has 2 aliphatic carbocycles. The topological polar surface area (TPSA) is 50.4 Å². The number of hydrogen-bond donors (Lipinski definition) is 2. The van der Waals surface area contributed by atoms with Crippen molar-refractivity contribution in [1.29, 1.82) is 0 Å². The van der Waals surface area contributed by atoms with E-state index < -0.39 is 0 Å². The third-order valence-corrected chi connectivity index (χ3v) is 8.35. The van der Waals surface area contributed by atoms with Crippen LogP contribution in [-0.2, 0) is 16.1 Å². The van der Waals surface area contributed by atoms with Crippen molar-refractivity contribution in [1.82, 2.24) is 5.32 Å². The van der Waals surface area contributed by atoms with Crippen LogP contribution in [0.3, 0.4) is 0 Å². The number of hydrogen-bond acceptors (Lipinski definition) is 3. The minimum absolute atomic E-state index is 0.0812. The first kappa shape index (κ1) is 26.2. The maximum atomic E-state index is 12.8. The highest BCUT2D eigenvalue weighted by atomic mass is 79.9. The number of carbonyl (C=O) groups is 1. The number of rotatable bonds is 9. The Morgan fingerprint density at radius 1 is 1.12 bits per heavy atom. The van der Waals surface area contributed by atoms with Gasteiger partial charge in [-0.05, 0) is 89.5 Å². The van der Waals surface area contributed by atoms with E-state index in [9.17, 15) is 4.79 Å². The van der Waals surface area contributed by atoms with Crippen molar-refractivity contribution in [3.8, 4) is 0 Å². The smallest absolute Gasteiger partial charge is 0.250 e. The van der Waals surface area contributed by atoms with Crippen molar-refractivity contribution >= 4 is 43.5 Å². The molecule has 1 aromatic rings. The summed E-state index contributed by atoms with van der Waals surface area (Å²) in [6.07, 6.45) is 10.4. The second-order valence-corrected chi connectivity index (χ2v) is 12.1. The number of anilines is 1. The van der Waals surface area contributed by atoms with Gasteiger partial charge in [0, 0.05) is 15.5 Å². The van der Waals surface area contributed by atoms with Crippen molar-refractivity contribution in [3.05, 3.63) is 26.6 Å². The first-order valence-corrected chi connectivity index (χ1v) is 14.0. The summed E-state index contributed by atoms with van der Waals surface area (Å²) in [5, 5.41) is 6.74. The molecular weight excluding hydrogens is 532 g/mol. The lowest BCUT2D eigenvalue weighted by atomic mass is 9.75. The quantitative estimate of drug-likeness (QED) is 0.327. The molecular formula is C26H40Br2N2O2. The molecule has 0 aliphatic heterocycles. The summed E-state index contributed by atoms with van der Waals surface area (Å²) in [5.41, 5.74) is 1.93. The Bertz CT molecular complexity index is 750. The van der Waals surface area contributed by atoms with E-state index in [-0.39, 0.29) is 18.6 Å². The molecule has 0 unspecified atom stereocenters. The highest BCUT2D eigenvalue weighted by Gasteiger charge is 2.31. The van der Waals surface area contributed by atoms with Crippen LogP contribution < -0.4 is 10.6 Å². The third-order valence-electron chi connectivity index (χ3n) is 7.26. The fourth-order valence-electron chi connectivity index (χ4n) is 5.37. The Balaban J connectivity index is 1.57. The van der Waals surface area contributed by atoms with E-state index in [1.807, 2.05) is 6.07 Å². The predicted molar refractivity (Wildman–Crippen MR) is 140 cm³/mol. The zero-order valence-corrected chi connectivity index (χ0v) is 23.1. The van der Waals surface area contributed by atoms with Crippen LogP contribution in [0.15, 0.2) is 21.1 Å². The molecule has 32 heavy (non-hydrogen) atoms. The molecule has 3 rings (SSSR count). The van der Waals surface area contributed by atoms with Gasteiger partial charge in [0.05, 0.1) is 11.8 Å². The molecule has 0 bridgehead atoms. The van der Waals surface area contributed by atoms with Crippen molar-refractivity contribution in [3.63, 3.8) is 0 Å². The van der Waals surface area contributed by atoms with Crippen LogP contribution in [0.25, 0.3) is 0 Å². The fourth-order valence-corrected chi connectivity index (χ4v) is 6.79. The summed E-state index contributed by atoms with van der Waals surface area (Å²) >= 11 is 7.24. The third kappa shape index (κ3) is 7.82. The van der Waals surface area contributed by atoms with Gasteiger partial charge in [-0.15, -0.1) is 0 Å². The molecule has 2 N–H and O–H groups in total. The molecule has 0 aromatic heterocycles. The molecule has 3 atom stereocenters. The van der Waals surface area contributed by atoms with Crippen molar-refractivity contribution in [2.75, 3.05) is 18.5 Å². The lowest BCUT2D eigenvalue weighted by molar-refractivity contribution is -0.126. The Hall–Kier alpha value is -0.430. The normalized spacial score (nSPS) is 24.6. The average Bonchev–Trinajstić information content (AvgIpc) is 2.75. The lowest BCUT2D eigenvalue weighted by Gasteiger charge is -2.37. The van der Waals surface area contributed by atoms with Gasteiger partial charge in [-0.25, -0.2) is 0 Å². The summed E-state index contributed by atoms with van der Waals surface area (Å²) in [6.45, 7) is 8.71. The van der Waals surface area contributed by atoms with Crippen LogP contribution in [0, 0.1) is 23.7 Å². The standard InChI is InChI=1S/C26H40Br2N2O2/c1-17(2)22-10-9-18(3)11-24(22)32-16-25(31)30-26-20(12-21(27)13-23(26)28)15-29-14-19-7-5-4-6-8-19/h12-13,17-19,22,24,29H,4-11,14-16H2,1-3H3,(H,30,31)/t18-,22+,24-/m1/s1. The van der Waals surface area contributed by atoms with Gasteiger partial charge < -0.3 is 15.4 Å². The Morgan fingerprint density at radius 2 is 1.88 bits per heavy atom. The zero-order valence-electron chi connectivity index (χ0n) is 19.9. The van der Waals surface area contributed by atoms with Crippen LogP contribution in [0.4, 0.5) is 5.69 Å². The Labute approximate surface area is 211 Å². The molecule has 2 saturated carbocycles. The first-order chi connectivity index (χ1) is 15.3. The molecule has 1 amide bonds. The summed E-state index contributed by atoms with van der Waals surface area (Å²) in [6, 6.07) is 4.07. The molecule has 2 fully saturated rings. The first-order valence-electron chi connectivity index (χ1n) is 12.4. The highest BCUT2D eigenvalue weighted by molar-refractivity contribution is 9.11. The molecule has 4 nitrogen and oxygen atoms in total. The molecule has 0 heterocycles. The van der Waals surface area contributed by atoms with Crippen LogP contribution >= 0.6 is 31.9 Å². The zero-order chi connectivity index (χ0) is 23.1. The maximum absolute atomic E-state index is 12.8. The Kier molecular flexibility index (Phi) is 10.5. The molecule has 180 valence electrons. The van der Waals surface area contributed by atoms with Crippen LogP contribution in [0.2, 0.25) is 0 Å². The highest BCUT2D eigenvalue weighted by Crippen LogP contribution is 2.35. The molecule has 1 aromatic carbocycles. The Morgan fingerprint density at radius 3 is 2.59 bits per heavy atom. The summed E-state index contributed by atoms with van der Waals surface area (Å²) in [4.78, 5) is 12.8. The molecule has 2 aliphatic rings. The van der Waals surface area contributed by atoms with Gasteiger partial charge in [-0.1, -0.05) is 62.4 Å². The fraction of sp³-hybridized carbons (Fsp3) is 0.731. The number of amides is 1. The second-order valence-electron chi connectivity index (χ2n) is 10.3. The van der Waals surface area contributed by atoms with Gasteiger partial charge in [0.15, 0.2) is 0 Å². The monoisotopic (exact) mass is 570 g/mol. The van der Waals surface area contributed by atoms with E-state index in [1.54, 1.807) is 0 Å². The van der Waals surface area contributed by atoms with Crippen molar-refractivity contribution < 1.29 is 9.53 Å². The lowest BCUT2D eigenvalue weighted by Crippen LogP contribution is -2.36. The second kappa shape index (κ2) is 12.9. The number of ether oxygens (including phenoxy) is 1. The van der Waals surface area contributed by atoms with Crippen LogP contribution in [-0.4, -0.2) is 25.2 Å². The van der Waals surface area contributed by atoms with Crippen molar-refractivity contribution in [2.45, 2.75) is 84.8 Å². The SMILES string of the molecule is CC(C)[C@@H]1CC[C@@H](C)C[C@H]1OCC(=O)Nc1c(Br)cc(Br)cc1CNCC1CCCCC1. The molecule has 0 radical (unpaired) electrons. The van der Waals surface area contributed by atoms with E-state index in [2.05, 4.69) is 69.3 Å². The van der Waals surface area contributed by atoms with Crippen molar-refractivity contribution in [2.24, 2.45) is 23.7 Å². The van der Waals surface area contributed by atoms with Gasteiger partial charge in [-0.2, -0.15) is 0 Å². The van der Waals surface area contributed by atoms with Gasteiger partial charge in [0.25, 0.3) is 0 Å². The van der Waals surface area contributed by atoms with E-state index in [0.717, 1.165) is 45.6 Å². The number of carbonyl (C=O) groups excluding carboxylic acids is 1. The predicted octanol–water partition coefficient (Wildman–Crippen LogP) is 7.30. The number of nitrogens with one attached hydrogen (secondary N) is 2. The van der Waals surface area contributed by atoms with Gasteiger partial charge in [-0.3, -0.25) is 4.79 Å². The largest absolute Gasteiger partial charge is 0.368 e. The van der Waals surface area contributed by atoms with Gasteiger partial charge in [0.1, 0.15) is 6.61 Å². The van der Waals surface area contributed by atoms with Crippen LogP contribution in [0.1, 0.15) is 77.7 Å². The van der Waals surface area contributed by atoms with E-state index in [4.69, 9.17) is 4.74 Å². The number of benzene rings is 1. The molecule has 6 heteroatoms. The van der Waals surface area contributed by atoms with E-state index in [0.29, 0.717) is 17.8 Å². The van der Waals surface area contributed by atoms with Gasteiger partial charge >= 0.3 is 0 Å². The minimum atomic E-state index is -0.0812. The van der Waals surface area contributed by atoms with Gasteiger partial charge in [0.2, 0.25) is 5.91 Å². The maximum Gasteiger partial charge on any atom is 0.250 e. The summed E-state index contributed by atoms with van der Waals surface area (Å²) in [7, 11) is 0. The van der Waals surface area contributed by atoms with Crippen LogP contribution in [0.5, 0.6) is 0 Å². The molecule has 0 spiro atoms. The minimum Gasteiger partial charge on any atom is -0.368 e. The average molecular weight is 572 g/mol. The summed E-state index contributed by atoms with van der Waals surface area (Å²) < 4.78 is 8.07. The molecule has 0 saturated heterocycles. The van der Waals surface area contributed by atoms with E-state index >= 15 is 0 Å². The number of halogens is 2.